The van der Waals surface area contributed by atoms with Gasteiger partial charge in [0.2, 0.25) is 0 Å². The van der Waals surface area contributed by atoms with E-state index < -0.39 is 12.6 Å². The summed E-state index contributed by atoms with van der Waals surface area (Å²) in [5.74, 6) is 0.0348. The van der Waals surface area contributed by atoms with Crippen LogP contribution in [0.4, 0.5) is 5.69 Å². The molecule has 2 N–H and O–H groups in total. The van der Waals surface area contributed by atoms with E-state index in [1.165, 1.54) is 0 Å². The van der Waals surface area contributed by atoms with Crippen molar-refractivity contribution in [2.24, 2.45) is 0 Å². The Morgan fingerprint density at radius 3 is 2.64 bits per heavy atom. The van der Waals surface area contributed by atoms with Gasteiger partial charge in [0.15, 0.2) is 6.61 Å². The first-order valence-corrected chi connectivity index (χ1v) is 7.97. The van der Waals surface area contributed by atoms with Crippen molar-refractivity contribution in [2.45, 2.75) is 20.3 Å². The number of rotatable bonds is 5. The molecule has 0 aliphatic carbocycles. The highest BCUT2D eigenvalue weighted by molar-refractivity contribution is 6.05. The summed E-state index contributed by atoms with van der Waals surface area (Å²) in [6, 6.07) is 8.98. The van der Waals surface area contributed by atoms with E-state index in [9.17, 15) is 9.59 Å². The molecule has 1 aliphatic heterocycles. The molecule has 1 aliphatic rings. The molecule has 0 spiro atoms. The maximum absolute atomic E-state index is 12.6. The monoisotopic (exact) mass is 341 g/mol. The lowest BCUT2D eigenvalue weighted by Crippen LogP contribution is -2.15. The summed E-state index contributed by atoms with van der Waals surface area (Å²) in [5.41, 5.74) is 3.68. The Balaban J connectivity index is 1.81. The highest BCUT2D eigenvalue weighted by Crippen LogP contribution is 2.32. The van der Waals surface area contributed by atoms with E-state index in [-0.39, 0.29) is 5.91 Å². The third kappa shape index (κ3) is 3.57. The fourth-order valence-electron chi connectivity index (χ4n) is 2.98. The summed E-state index contributed by atoms with van der Waals surface area (Å²) < 4.78 is 10.8. The molecule has 6 nitrogen and oxygen atoms in total. The molecule has 0 unspecified atom stereocenters. The lowest BCUT2D eigenvalue weighted by Gasteiger charge is -2.14. The summed E-state index contributed by atoms with van der Waals surface area (Å²) in [5, 5.41) is 11.7. The van der Waals surface area contributed by atoms with Gasteiger partial charge in [0.25, 0.3) is 5.91 Å². The van der Waals surface area contributed by atoms with E-state index >= 15 is 0 Å². The minimum Gasteiger partial charge on any atom is -0.493 e. The van der Waals surface area contributed by atoms with Gasteiger partial charge in [0, 0.05) is 23.2 Å². The molecule has 0 fully saturated rings. The van der Waals surface area contributed by atoms with Crippen molar-refractivity contribution in [3.05, 3.63) is 52.6 Å². The minimum atomic E-state index is -1.04. The zero-order valence-corrected chi connectivity index (χ0v) is 14.1. The third-order valence-corrected chi connectivity index (χ3v) is 4.05. The summed E-state index contributed by atoms with van der Waals surface area (Å²) in [4.78, 5) is 23.3. The Hall–Kier alpha value is -3.02. The normalized spacial score (nSPS) is 12.2. The Labute approximate surface area is 145 Å². The Morgan fingerprint density at radius 1 is 1.24 bits per heavy atom. The molecule has 0 atom stereocenters. The molecule has 0 aromatic heterocycles. The number of amides is 1. The topological polar surface area (TPSA) is 84.9 Å². The van der Waals surface area contributed by atoms with Crippen molar-refractivity contribution in [3.8, 4) is 11.5 Å². The number of hydrogen-bond acceptors (Lipinski definition) is 4. The number of carboxylic acid groups (broad SMARTS) is 1. The Bertz CT molecular complexity index is 821. The van der Waals surface area contributed by atoms with Gasteiger partial charge in [-0.3, -0.25) is 4.79 Å². The molecule has 130 valence electrons. The van der Waals surface area contributed by atoms with Crippen LogP contribution in [0, 0.1) is 13.8 Å². The number of aryl methyl sites for hydroxylation is 2. The van der Waals surface area contributed by atoms with Crippen LogP contribution >= 0.6 is 0 Å². The molecule has 2 aromatic carbocycles. The van der Waals surface area contributed by atoms with Gasteiger partial charge in [-0.25, -0.2) is 4.79 Å². The lowest BCUT2D eigenvalue weighted by molar-refractivity contribution is -0.139. The molecule has 2 aromatic rings. The molecule has 1 amide bonds. The molecular formula is C19H19NO5. The number of ether oxygens (including phenoxy) is 2. The van der Waals surface area contributed by atoms with E-state index in [0.29, 0.717) is 29.0 Å². The van der Waals surface area contributed by atoms with Gasteiger partial charge < -0.3 is 19.9 Å². The van der Waals surface area contributed by atoms with E-state index in [1.807, 2.05) is 18.2 Å². The second kappa shape index (κ2) is 6.84. The van der Waals surface area contributed by atoms with Gasteiger partial charge in [0.05, 0.1) is 6.61 Å². The molecule has 1 heterocycles. The van der Waals surface area contributed by atoms with Gasteiger partial charge in [0.1, 0.15) is 11.5 Å². The van der Waals surface area contributed by atoms with Crippen LogP contribution in [-0.4, -0.2) is 30.2 Å². The van der Waals surface area contributed by atoms with Gasteiger partial charge in [-0.05, 0) is 49.2 Å². The van der Waals surface area contributed by atoms with Crippen LogP contribution in [-0.2, 0) is 11.2 Å². The highest BCUT2D eigenvalue weighted by Gasteiger charge is 2.18. The number of carboxylic acids is 1. The van der Waals surface area contributed by atoms with Crippen molar-refractivity contribution >= 4 is 17.6 Å². The van der Waals surface area contributed by atoms with Crippen LogP contribution in [0.15, 0.2) is 30.3 Å². The summed E-state index contributed by atoms with van der Waals surface area (Å²) >= 11 is 0. The fourth-order valence-corrected chi connectivity index (χ4v) is 2.98. The van der Waals surface area contributed by atoms with E-state index in [2.05, 4.69) is 5.32 Å². The molecule has 6 heteroatoms. The maximum atomic E-state index is 12.6. The van der Waals surface area contributed by atoms with Crippen LogP contribution in [0.2, 0.25) is 0 Å². The number of benzene rings is 2. The van der Waals surface area contributed by atoms with Crippen molar-refractivity contribution in [1.29, 1.82) is 0 Å². The first-order chi connectivity index (χ1) is 12.0. The summed E-state index contributed by atoms with van der Waals surface area (Å²) in [7, 11) is 0. The Kier molecular flexibility index (Phi) is 4.61. The summed E-state index contributed by atoms with van der Waals surface area (Å²) in [6.07, 6.45) is 0.770. The van der Waals surface area contributed by atoms with Crippen molar-refractivity contribution in [3.63, 3.8) is 0 Å². The lowest BCUT2D eigenvalue weighted by atomic mass is 10.0. The number of carbonyl (C=O) groups excluding carboxylic acids is 1. The SMILES string of the molecule is Cc1cc(C(=O)Nc2cccc3c2CCO3)cc(C)c1OCC(=O)O. The van der Waals surface area contributed by atoms with Crippen LogP contribution in [0.1, 0.15) is 27.0 Å². The van der Waals surface area contributed by atoms with Crippen molar-refractivity contribution in [2.75, 3.05) is 18.5 Å². The number of carbonyl (C=O) groups is 2. The van der Waals surface area contributed by atoms with Gasteiger partial charge in [-0.15, -0.1) is 0 Å². The minimum absolute atomic E-state index is 0.226. The van der Waals surface area contributed by atoms with Crippen LogP contribution in [0.25, 0.3) is 0 Å². The van der Waals surface area contributed by atoms with E-state index in [1.54, 1.807) is 26.0 Å². The highest BCUT2D eigenvalue weighted by atomic mass is 16.5. The zero-order valence-electron chi connectivity index (χ0n) is 14.1. The molecular weight excluding hydrogens is 322 g/mol. The average molecular weight is 341 g/mol. The van der Waals surface area contributed by atoms with Crippen LogP contribution < -0.4 is 14.8 Å². The molecule has 0 saturated heterocycles. The van der Waals surface area contributed by atoms with E-state index in [4.69, 9.17) is 14.6 Å². The zero-order chi connectivity index (χ0) is 18.0. The molecule has 3 rings (SSSR count). The van der Waals surface area contributed by atoms with Gasteiger partial charge >= 0.3 is 5.97 Å². The number of hydrogen-bond donors (Lipinski definition) is 2. The molecule has 0 bridgehead atoms. The number of aliphatic carboxylic acids is 1. The number of nitrogens with one attached hydrogen (secondary N) is 1. The molecule has 0 radical (unpaired) electrons. The number of anilines is 1. The smallest absolute Gasteiger partial charge is 0.341 e. The van der Waals surface area contributed by atoms with Gasteiger partial charge in [-0.1, -0.05) is 6.07 Å². The predicted octanol–water partition coefficient (Wildman–Crippen LogP) is 2.95. The molecule has 25 heavy (non-hydrogen) atoms. The van der Waals surface area contributed by atoms with Crippen LogP contribution in [0.3, 0.4) is 0 Å². The average Bonchev–Trinajstić information content (AvgIpc) is 3.03. The van der Waals surface area contributed by atoms with Crippen molar-refractivity contribution in [1.82, 2.24) is 0 Å². The largest absolute Gasteiger partial charge is 0.493 e. The second-order valence-corrected chi connectivity index (χ2v) is 5.96. The number of fused-ring (bicyclic) bond motifs is 1. The third-order valence-electron chi connectivity index (χ3n) is 4.05. The maximum Gasteiger partial charge on any atom is 0.341 e. The molecule has 0 saturated carbocycles. The fraction of sp³-hybridized carbons (Fsp3) is 0.263. The van der Waals surface area contributed by atoms with E-state index in [0.717, 1.165) is 23.4 Å². The Morgan fingerprint density at radius 2 is 1.96 bits per heavy atom. The van der Waals surface area contributed by atoms with Gasteiger partial charge in [-0.2, -0.15) is 0 Å². The predicted molar refractivity (Wildman–Crippen MR) is 92.6 cm³/mol. The van der Waals surface area contributed by atoms with Crippen molar-refractivity contribution < 1.29 is 24.2 Å². The van der Waals surface area contributed by atoms with Crippen LogP contribution in [0.5, 0.6) is 11.5 Å². The first-order valence-electron chi connectivity index (χ1n) is 7.97. The first kappa shape index (κ1) is 16.8. The standard InChI is InChI=1S/C19H19NO5/c1-11-8-13(9-12(2)18(11)25-10-17(21)22)19(23)20-15-4-3-5-16-14(15)6-7-24-16/h3-5,8-9H,6-7,10H2,1-2H3,(H,20,23)(H,21,22). The summed E-state index contributed by atoms with van der Waals surface area (Å²) in [6.45, 7) is 3.78. The quantitative estimate of drug-likeness (QED) is 0.873. The second-order valence-electron chi connectivity index (χ2n) is 5.96.